The number of nitrogens with one attached hydrogen (secondary N) is 1. The summed E-state index contributed by atoms with van der Waals surface area (Å²) in [7, 11) is -3.66. The van der Waals surface area contributed by atoms with Gasteiger partial charge in [-0.3, -0.25) is 9.79 Å². The SMILES string of the molecule is CCOC(=O)C1=C(C2CCN(S(=O)(=O)C3CCC(C(=O)O)CC3)CC2)NC(c2nccs2)=NC1c1ccc(F)c(F)c1Cl. The Balaban J connectivity index is 1.46. The monoisotopic (exact) mass is 656 g/mol. The van der Waals surface area contributed by atoms with Crippen molar-refractivity contribution in [3.8, 4) is 0 Å². The van der Waals surface area contributed by atoms with E-state index in [1.54, 1.807) is 18.5 Å². The lowest BCUT2D eigenvalue weighted by atomic mass is 9.86. The zero-order valence-electron chi connectivity index (χ0n) is 23.3. The number of rotatable bonds is 8. The molecule has 43 heavy (non-hydrogen) atoms. The lowest BCUT2D eigenvalue weighted by Gasteiger charge is -2.38. The number of ether oxygens (including phenoxy) is 1. The Bertz CT molecular complexity index is 1550. The third kappa shape index (κ3) is 6.33. The third-order valence-corrected chi connectivity index (χ3v) is 11.8. The number of benzene rings is 1. The van der Waals surface area contributed by atoms with Crippen molar-refractivity contribution in [3.63, 3.8) is 0 Å². The van der Waals surface area contributed by atoms with Gasteiger partial charge in [0.1, 0.15) is 6.04 Å². The summed E-state index contributed by atoms with van der Waals surface area (Å²) in [6.45, 7) is 2.07. The van der Waals surface area contributed by atoms with Crippen molar-refractivity contribution in [2.45, 2.75) is 56.7 Å². The number of halogens is 3. The van der Waals surface area contributed by atoms with Gasteiger partial charge >= 0.3 is 11.9 Å². The van der Waals surface area contributed by atoms with Gasteiger partial charge in [0.2, 0.25) is 10.0 Å². The van der Waals surface area contributed by atoms with Crippen molar-refractivity contribution in [3.05, 3.63) is 62.2 Å². The van der Waals surface area contributed by atoms with Crippen molar-refractivity contribution in [2.24, 2.45) is 16.8 Å². The van der Waals surface area contributed by atoms with Gasteiger partial charge in [-0.1, -0.05) is 17.7 Å². The Morgan fingerprint density at radius 3 is 2.47 bits per heavy atom. The highest BCUT2D eigenvalue weighted by atomic mass is 35.5. The number of carbonyl (C=O) groups is 2. The number of carboxylic acids is 1. The normalized spacial score (nSPS) is 23.9. The van der Waals surface area contributed by atoms with Gasteiger partial charge in [0.25, 0.3) is 0 Å². The van der Waals surface area contributed by atoms with E-state index in [9.17, 15) is 31.9 Å². The van der Waals surface area contributed by atoms with Crippen LogP contribution in [0.1, 0.15) is 62.1 Å². The number of piperidine rings is 1. The molecule has 2 aromatic rings. The number of aromatic nitrogens is 1. The first kappa shape index (κ1) is 31.5. The molecule has 15 heteroatoms. The number of sulfonamides is 1. The van der Waals surface area contributed by atoms with Crippen LogP contribution < -0.4 is 5.32 Å². The van der Waals surface area contributed by atoms with Gasteiger partial charge in [-0.15, -0.1) is 11.3 Å². The predicted molar refractivity (Wildman–Crippen MR) is 156 cm³/mol. The number of hydrogen-bond acceptors (Lipinski definition) is 9. The highest BCUT2D eigenvalue weighted by Crippen LogP contribution is 2.41. The zero-order chi connectivity index (χ0) is 30.9. The van der Waals surface area contributed by atoms with Gasteiger partial charge in [-0.25, -0.2) is 31.3 Å². The van der Waals surface area contributed by atoms with Crippen molar-refractivity contribution in [1.29, 1.82) is 0 Å². The second-order valence-electron chi connectivity index (χ2n) is 10.7. The van der Waals surface area contributed by atoms with E-state index in [2.05, 4.69) is 15.3 Å². The molecule has 0 spiro atoms. The second kappa shape index (κ2) is 13.0. The molecule has 10 nitrogen and oxygen atoms in total. The molecule has 0 radical (unpaired) electrons. The van der Waals surface area contributed by atoms with E-state index in [-0.39, 0.29) is 36.8 Å². The molecule has 3 aliphatic rings. The third-order valence-electron chi connectivity index (χ3n) is 8.23. The summed E-state index contributed by atoms with van der Waals surface area (Å²) in [4.78, 5) is 33.7. The van der Waals surface area contributed by atoms with E-state index in [0.717, 1.165) is 6.07 Å². The highest BCUT2D eigenvalue weighted by molar-refractivity contribution is 7.89. The number of hydrogen-bond donors (Lipinski definition) is 2. The van der Waals surface area contributed by atoms with Crippen molar-refractivity contribution < 1.29 is 36.6 Å². The highest BCUT2D eigenvalue weighted by Gasteiger charge is 2.42. The molecule has 3 heterocycles. The number of allylic oxidation sites excluding steroid dienone is 1. The van der Waals surface area contributed by atoms with Crippen LogP contribution in [0.15, 0.2) is 40.0 Å². The van der Waals surface area contributed by atoms with Gasteiger partial charge in [0.15, 0.2) is 22.5 Å². The quantitative estimate of drug-likeness (QED) is 0.309. The van der Waals surface area contributed by atoms with Crippen LogP contribution in [-0.2, 0) is 24.3 Å². The van der Waals surface area contributed by atoms with Crippen molar-refractivity contribution in [1.82, 2.24) is 14.6 Å². The fraction of sp³-hybridized carbons (Fsp3) is 0.500. The standard InChI is InChI=1S/C28H31ClF2N4O6S2/c1-2-41-28(38)20-23(15-9-12-35(13-10-15)43(39,40)17-5-3-16(4-6-17)27(36)37)33-25(26-32-11-14-42-26)34-24(20)18-7-8-19(30)22(31)21(18)29/h7-8,11,14-17,24H,2-6,9-10,12-13H2,1H3,(H,33,34)(H,36,37). The number of carboxylic acid groups (broad SMARTS) is 1. The maximum absolute atomic E-state index is 14.6. The number of amidine groups is 1. The van der Waals surface area contributed by atoms with E-state index >= 15 is 0 Å². The van der Waals surface area contributed by atoms with Crippen molar-refractivity contribution >= 4 is 50.7 Å². The average molecular weight is 657 g/mol. The Morgan fingerprint density at radius 1 is 1.16 bits per heavy atom. The molecule has 2 aliphatic heterocycles. The molecule has 1 aliphatic carbocycles. The molecule has 1 aromatic heterocycles. The van der Waals surface area contributed by atoms with Crippen LogP contribution in [0.2, 0.25) is 5.02 Å². The smallest absolute Gasteiger partial charge is 0.338 e. The molecular formula is C28H31ClF2N4O6S2. The van der Waals surface area contributed by atoms with Gasteiger partial charge in [0, 0.05) is 41.8 Å². The van der Waals surface area contributed by atoms with Crippen molar-refractivity contribution in [2.75, 3.05) is 19.7 Å². The Morgan fingerprint density at radius 2 is 1.86 bits per heavy atom. The zero-order valence-corrected chi connectivity index (χ0v) is 25.7. The maximum Gasteiger partial charge on any atom is 0.338 e. The maximum atomic E-state index is 14.6. The van der Waals surface area contributed by atoms with E-state index < -0.39 is 55.8 Å². The topological polar surface area (TPSA) is 138 Å². The largest absolute Gasteiger partial charge is 0.481 e. The summed E-state index contributed by atoms with van der Waals surface area (Å²) in [5, 5.41) is 13.6. The van der Waals surface area contributed by atoms with Crippen LogP contribution in [0.5, 0.6) is 0 Å². The average Bonchev–Trinajstić information content (AvgIpc) is 3.55. The minimum atomic E-state index is -3.66. The molecular weight excluding hydrogens is 626 g/mol. The summed E-state index contributed by atoms with van der Waals surface area (Å²) in [6, 6.07) is 1.07. The summed E-state index contributed by atoms with van der Waals surface area (Å²) < 4.78 is 62.4. The number of aliphatic carboxylic acids is 1. The number of aliphatic imine (C=N–C) groups is 1. The number of nitrogens with zero attached hydrogens (tertiary/aromatic N) is 3. The number of carbonyl (C=O) groups excluding carboxylic acids is 1. The first-order valence-electron chi connectivity index (χ1n) is 14.0. The molecule has 1 saturated heterocycles. The van der Waals surface area contributed by atoms with Gasteiger partial charge in [-0.2, -0.15) is 0 Å². The van der Waals surface area contributed by atoms with Crippen LogP contribution >= 0.6 is 22.9 Å². The molecule has 2 fully saturated rings. The molecule has 1 aromatic carbocycles. The molecule has 2 N–H and O–H groups in total. The minimum Gasteiger partial charge on any atom is -0.481 e. The first-order valence-corrected chi connectivity index (χ1v) is 16.8. The molecule has 5 rings (SSSR count). The van der Waals surface area contributed by atoms with E-state index in [4.69, 9.17) is 16.3 Å². The lowest BCUT2D eigenvalue weighted by molar-refractivity contribution is -0.142. The van der Waals surface area contributed by atoms with E-state index in [1.165, 1.54) is 21.7 Å². The molecule has 1 atom stereocenters. The Kier molecular flexibility index (Phi) is 9.49. The van der Waals surface area contributed by atoms with Crippen LogP contribution in [0.25, 0.3) is 0 Å². The number of esters is 1. The summed E-state index contributed by atoms with van der Waals surface area (Å²) in [6.07, 6.45) is 3.54. The predicted octanol–water partition coefficient (Wildman–Crippen LogP) is 4.67. The van der Waals surface area contributed by atoms with Gasteiger partial charge in [0.05, 0.1) is 28.4 Å². The molecule has 1 unspecified atom stereocenters. The van der Waals surface area contributed by atoms with Gasteiger partial charge < -0.3 is 15.2 Å². The molecule has 0 amide bonds. The molecule has 232 valence electrons. The number of thiazole rings is 1. The van der Waals surface area contributed by atoms with Crippen LogP contribution in [-0.4, -0.2) is 65.5 Å². The lowest BCUT2D eigenvalue weighted by Crippen LogP contribution is -2.46. The van der Waals surface area contributed by atoms with E-state index in [1.807, 2.05) is 0 Å². The molecule has 0 bridgehead atoms. The molecule has 1 saturated carbocycles. The Hall–Kier alpha value is -2.94. The van der Waals surface area contributed by atoms with Crippen LogP contribution in [0, 0.1) is 23.5 Å². The fourth-order valence-electron chi connectivity index (χ4n) is 5.96. The Labute approximate surface area is 256 Å². The fourth-order valence-corrected chi connectivity index (χ4v) is 8.82. The summed E-state index contributed by atoms with van der Waals surface area (Å²) in [5.74, 6) is -4.54. The first-order chi connectivity index (χ1) is 20.5. The van der Waals surface area contributed by atoms with Crippen LogP contribution in [0.4, 0.5) is 8.78 Å². The van der Waals surface area contributed by atoms with E-state index in [0.29, 0.717) is 55.1 Å². The van der Waals surface area contributed by atoms with Gasteiger partial charge in [-0.05, 0) is 51.5 Å². The summed E-state index contributed by atoms with van der Waals surface area (Å²) in [5.41, 5.74) is 0.612. The minimum absolute atomic E-state index is 0.0533. The summed E-state index contributed by atoms with van der Waals surface area (Å²) >= 11 is 7.55. The second-order valence-corrected chi connectivity index (χ2v) is 14.2. The van der Waals surface area contributed by atoms with Crippen LogP contribution in [0.3, 0.4) is 0 Å².